The SMILES string of the molecule is N#CN=C(N)c1cn[nH]c1. The Morgan fingerprint density at radius 3 is 3.20 bits per heavy atom. The fourth-order valence-electron chi connectivity index (χ4n) is 0.509. The summed E-state index contributed by atoms with van der Waals surface area (Å²) in [7, 11) is 0. The van der Waals surface area contributed by atoms with E-state index in [9.17, 15) is 0 Å². The van der Waals surface area contributed by atoms with Crippen molar-refractivity contribution in [2.24, 2.45) is 10.7 Å². The number of aliphatic imine (C=N–C) groups is 1. The van der Waals surface area contributed by atoms with Crippen molar-refractivity contribution in [3.63, 3.8) is 0 Å². The maximum atomic E-state index is 8.09. The molecular formula is C5H5N5. The van der Waals surface area contributed by atoms with Gasteiger partial charge in [0, 0.05) is 6.20 Å². The number of nitrogens with one attached hydrogen (secondary N) is 1. The molecule has 0 radical (unpaired) electrons. The van der Waals surface area contributed by atoms with E-state index < -0.39 is 0 Å². The van der Waals surface area contributed by atoms with Crippen molar-refractivity contribution in [2.75, 3.05) is 0 Å². The molecule has 0 fully saturated rings. The fourth-order valence-corrected chi connectivity index (χ4v) is 0.509. The first-order chi connectivity index (χ1) is 4.84. The number of H-pyrrole nitrogens is 1. The van der Waals surface area contributed by atoms with Crippen molar-refractivity contribution in [2.45, 2.75) is 0 Å². The van der Waals surface area contributed by atoms with Crippen molar-refractivity contribution in [1.29, 1.82) is 5.26 Å². The van der Waals surface area contributed by atoms with Crippen LogP contribution in [-0.2, 0) is 0 Å². The molecule has 0 bridgehead atoms. The summed E-state index contributed by atoms with van der Waals surface area (Å²) in [5, 5.41) is 14.3. The predicted octanol–water partition coefficient (Wildman–Crippen LogP) is -0.404. The van der Waals surface area contributed by atoms with Gasteiger partial charge in [0.25, 0.3) is 0 Å². The van der Waals surface area contributed by atoms with Crippen LogP contribution >= 0.6 is 0 Å². The van der Waals surface area contributed by atoms with E-state index in [2.05, 4.69) is 15.2 Å². The Morgan fingerprint density at radius 2 is 2.70 bits per heavy atom. The van der Waals surface area contributed by atoms with Crippen LogP contribution in [0.1, 0.15) is 5.56 Å². The molecule has 1 heterocycles. The zero-order chi connectivity index (χ0) is 7.40. The van der Waals surface area contributed by atoms with Gasteiger partial charge < -0.3 is 5.73 Å². The zero-order valence-corrected chi connectivity index (χ0v) is 5.07. The molecule has 1 aromatic heterocycles. The molecule has 0 atom stereocenters. The van der Waals surface area contributed by atoms with E-state index in [1.165, 1.54) is 6.20 Å². The van der Waals surface area contributed by atoms with Gasteiger partial charge in [-0.1, -0.05) is 0 Å². The standard InChI is InChI=1S/C5H5N5/c6-3-8-5(7)4-1-9-10-2-4/h1-2H,(H2,7,8)(H,9,10). The number of nitrogens with two attached hydrogens (primary N) is 1. The monoisotopic (exact) mass is 135 g/mol. The largest absolute Gasteiger partial charge is 0.382 e. The first kappa shape index (κ1) is 6.29. The molecule has 0 aliphatic rings. The minimum absolute atomic E-state index is 0.177. The van der Waals surface area contributed by atoms with Crippen LogP contribution in [0, 0.1) is 11.5 Å². The number of rotatable bonds is 1. The molecule has 1 rings (SSSR count). The van der Waals surface area contributed by atoms with Crippen LogP contribution < -0.4 is 5.73 Å². The molecule has 0 aliphatic heterocycles. The van der Waals surface area contributed by atoms with Crippen LogP contribution in [0.3, 0.4) is 0 Å². The molecule has 5 nitrogen and oxygen atoms in total. The summed E-state index contributed by atoms with van der Waals surface area (Å²) >= 11 is 0. The van der Waals surface area contributed by atoms with Crippen molar-refractivity contribution < 1.29 is 0 Å². The molecule has 1 aromatic rings. The highest BCUT2D eigenvalue weighted by Crippen LogP contribution is 1.91. The highest BCUT2D eigenvalue weighted by Gasteiger charge is 1.96. The summed E-state index contributed by atoms with van der Waals surface area (Å²) in [5.74, 6) is 0.177. The van der Waals surface area contributed by atoms with Crippen LogP contribution in [0.2, 0.25) is 0 Å². The second kappa shape index (κ2) is 2.64. The molecule has 0 aromatic carbocycles. The number of aromatic nitrogens is 2. The molecule has 50 valence electrons. The van der Waals surface area contributed by atoms with E-state index in [0.29, 0.717) is 5.56 Å². The molecule has 3 N–H and O–H groups in total. The summed E-state index contributed by atoms with van der Waals surface area (Å²) < 4.78 is 0. The van der Waals surface area contributed by atoms with Gasteiger partial charge in [-0.3, -0.25) is 5.10 Å². The molecule has 0 unspecified atom stereocenters. The maximum Gasteiger partial charge on any atom is 0.207 e. The summed E-state index contributed by atoms with van der Waals surface area (Å²) in [5.41, 5.74) is 5.94. The van der Waals surface area contributed by atoms with E-state index >= 15 is 0 Å². The number of nitrogens with zero attached hydrogens (tertiary/aromatic N) is 3. The Kier molecular flexibility index (Phi) is 1.66. The molecule has 0 aliphatic carbocycles. The average Bonchev–Trinajstić information content (AvgIpc) is 2.38. The fraction of sp³-hybridized carbons (Fsp3) is 0. The normalized spacial score (nSPS) is 10.9. The molecular weight excluding hydrogens is 130 g/mol. The highest BCUT2D eigenvalue weighted by atomic mass is 15.1. The minimum atomic E-state index is 0.177. The number of nitriles is 1. The van der Waals surface area contributed by atoms with Gasteiger partial charge in [0.15, 0.2) is 0 Å². The lowest BCUT2D eigenvalue weighted by Gasteiger charge is -1.86. The van der Waals surface area contributed by atoms with Crippen molar-refractivity contribution in [3.8, 4) is 6.19 Å². The molecule has 0 saturated heterocycles. The van der Waals surface area contributed by atoms with Gasteiger partial charge in [-0.25, -0.2) is 0 Å². The van der Waals surface area contributed by atoms with Gasteiger partial charge >= 0.3 is 0 Å². The second-order valence-corrected chi connectivity index (χ2v) is 1.58. The van der Waals surface area contributed by atoms with Crippen LogP contribution in [0.5, 0.6) is 0 Å². The van der Waals surface area contributed by atoms with E-state index in [1.807, 2.05) is 0 Å². The first-order valence-corrected chi connectivity index (χ1v) is 2.56. The third kappa shape index (κ3) is 1.11. The van der Waals surface area contributed by atoms with E-state index in [0.717, 1.165) is 0 Å². The summed E-state index contributed by atoms with van der Waals surface area (Å²) in [6.07, 6.45) is 4.64. The van der Waals surface area contributed by atoms with E-state index in [-0.39, 0.29) is 5.84 Å². The van der Waals surface area contributed by atoms with Gasteiger partial charge in [0.2, 0.25) is 6.19 Å². The Hall–Kier alpha value is -1.83. The van der Waals surface area contributed by atoms with E-state index in [4.69, 9.17) is 11.0 Å². The Labute approximate surface area is 57.2 Å². The topological polar surface area (TPSA) is 90.8 Å². The number of aromatic amines is 1. The van der Waals surface area contributed by atoms with Crippen molar-refractivity contribution in [1.82, 2.24) is 10.2 Å². The summed E-state index contributed by atoms with van der Waals surface area (Å²) in [6, 6.07) is 0. The molecule has 0 spiro atoms. The van der Waals surface area contributed by atoms with Crippen LogP contribution in [0.4, 0.5) is 0 Å². The first-order valence-electron chi connectivity index (χ1n) is 2.56. The molecule has 0 amide bonds. The van der Waals surface area contributed by atoms with Crippen molar-refractivity contribution >= 4 is 5.84 Å². The number of amidine groups is 1. The van der Waals surface area contributed by atoms with Crippen LogP contribution in [-0.4, -0.2) is 16.0 Å². The molecule has 10 heavy (non-hydrogen) atoms. The Bertz CT molecular complexity index is 265. The quantitative estimate of drug-likeness (QED) is 0.311. The van der Waals surface area contributed by atoms with Gasteiger partial charge in [0.1, 0.15) is 5.84 Å². The highest BCUT2D eigenvalue weighted by molar-refractivity contribution is 5.97. The van der Waals surface area contributed by atoms with Gasteiger partial charge in [0.05, 0.1) is 11.8 Å². The van der Waals surface area contributed by atoms with Gasteiger partial charge in [-0.05, 0) is 0 Å². The van der Waals surface area contributed by atoms with Crippen LogP contribution in [0.15, 0.2) is 17.4 Å². The van der Waals surface area contributed by atoms with E-state index in [1.54, 1.807) is 12.4 Å². The maximum absolute atomic E-state index is 8.09. The lowest BCUT2D eigenvalue weighted by Crippen LogP contribution is -2.11. The third-order valence-electron chi connectivity index (χ3n) is 0.964. The minimum Gasteiger partial charge on any atom is -0.382 e. The van der Waals surface area contributed by atoms with Gasteiger partial charge in [-0.2, -0.15) is 15.4 Å². The number of hydrogen-bond donors (Lipinski definition) is 2. The van der Waals surface area contributed by atoms with Crippen molar-refractivity contribution in [3.05, 3.63) is 18.0 Å². The lowest BCUT2D eigenvalue weighted by molar-refractivity contribution is 1.09. The predicted molar refractivity (Wildman–Crippen MR) is 34.9 cm³/mol. The lowest BCUT2D eigenvalue weighted by atomic mass is 10.3. The number of hydrogen-bond acceptors (Lipinski definition) is 3. The third-order valence-corrected chi connectivity index (χ3v) is 0.964. The molecule has 0 saturated carbocycles. The van der Waals surface area contributed by atoms with Gasteiger partial charge in [-0.15, -0.1) is 0 Å². The smallest absolute Gasteiger partial charge is 0.207 e. The zero-order valence-electron chi connectivity index (χ0n) is 5.07. The second-order valence-electron chi connectivity index (χ2n) is 1.58. The van der Waals surface area contributed by atoms with Crippen LogP contribution in [0.25, 0.3) is 0 Å². The average molecular weight is 135 g/mol. The Balaban J connectivity index is 2.90. The molecule has 5 heteroatoms. The summed E-state index contributed by atoms with van der Waals surface area (Å²) in [4.78, 5) is 3.31. The Morgan fingerprint density at radius 1 is 1.90 bits per heavy atom. The summed E-state index contributed by atoms with van der Waals surface area (Å²) in [6.45, 7) is 0.